The summed E-state index contributed by atoms with van der Waals surface area (Å²) in [4.78, 5) is 24.0. The van der Waals surface area contributed by atoms with E-state index in [0.29, 0.717) is 17.9 Å². The van der Waals surface area contributed by atoms with Crippen molar-refractivity contribution in [3.63, 3.8) is 0 Å². The van der Waals surface area contributed by atoms with Crippen LogP contribution in [-0.2, 0) is 20.7 Å². The number of methoxy groups -OCH3 is 1. The van der Waals surface area contributed by atoms with Crippen molar-refractivity contribution in [2.24, 2.45) is 0 Å². The topological polar surface area (TPSA) is 73.9 Å². The molecule has 0 heterocycles. The number of hydrogen-bond acceptors (Lipinski definition) is 5. The lowest BCUT2D eigenvalue weighted by Gasteiger charge is -2.15. The Labute approximate surface area is 167 Å². The molecule has 0 unspecified atom stereocenters. The van der Waals surface area contributed by atoms with Gasteiger partial charge < -0.3 is 19.5 Å². The fraction of sp³-hybridized carbons (Fsp3) is 0.238. The quantitative estimate of drug-likeness (QED) is 0.509. The number of hydrogen-bond donors (Lipinski definition) is 1. The number of carbonyl (C=O) groups is 2. The average Bonchev–Trinajstić information content (AvgIpc) is 2.69. The second kappa shape index (κ2) is 10.2. The SMILES string of the molecule is C=CCc1ccc(OCC(=O)O[C@@H](C)C(=O)Nc2ccc(F)c(F)c2)c(OC)c1. The third-order valence-electron chi connectivity index (χ3n) is 3.82. The van der Waals surface area contributed by atoms with Gasteiger partial charge in [0.2, 0.25) is 0 Å². The van der Waals surface area contributed by atoms with Crippen molar-refractivity contribution in [2.45, 2.75) is 19.4 Å². The fourth-order valence-electron chi connectivity index (χ4n) is 2.36. The fourth-order valence-corrected chi connectivity index (χ4v) is 2.36. The maximum Gasteiger partial charge on any atom is 0.344 e. The number of benzene rings is 2. The van der Waals surface area contributed by atoms with E-state index in [9.17, 15) is 18.4 Å². The molecular formula is C21H21F2NO5. The summed E-state index contributed by atoms with van der Waals surface area (Å²) in [7, 11) is 1.48. The van der Waals surface area contributed by atoms with E-state index in [4.69, 9.17) is 14.2 Å². The van der Waals surface area contributed by atoms with Crippen molar-refractivity contribution in [3.8, 4) is 11.5 Å². The molecule has 2 aromatic rings. The number of ether oxygens (including phenoxy) is 3. The first-order valence-electron chi connectivity index (χ1n) is 8.70. The molecule has 0 spiro atoms. The second-order valence-corrected chi connectivity index (χ2v) is 6.02. The van der Waals surface area contributed by atoms with Crippen LogP contribution in [-0.4, -0.2) is 31.7 Å². The number of amides is 1. The smallest absolute Gasteiger partial charge is 0.344 e. The Morgan fingerprint density at radius 3 is 2.55 bits per heavy atom. The van der Waals surface area contributed by atoms with Gasteiger partial charge in [0.05, 0.1) is 7.11 Å². The van der Waals surface area contributed by atoms with Gasteiger partial charge in [-0.1, -0.05) is 12.1 Å². The molecule has 154 valence electrons. The molecule has 2 rings (SSSR count). The van der Waals surface area contributed by atoms with Crippen molar-refractivity contribution >= 4 is 17.6 Å². The minimum atomic E-state index is -1.17. The largest absolute Gasteiger partial charge is 0.493 e. The minimum Gasteiger partial charge on any atom is -0.493 e. The number of rotatable bonds is 9. The van der Waals surface area contributed by atoms with Gasteiger partial charge in [0.15, 0.2) is 35.8 Å². The number of nitrogens with one attached hydrogen (secondary N) is 1. The van der Waals surface area contributed by atoms with E-state index in [-0.39, 0.29) is 5.69 Å². The van der Waals surface area contributed by atoms with Crippen LogP contribution in [0.2, 0.25) is 0 Å². The standard InChI is InChI=1S/C21H21F2NO5/c1-4-5-14-6-9-18(19(10-14)27-3)28-12-20(25)29-13(2)21(26)24-15-7-8-16(22)17(23)11-15/h4,6-11,13H,1,5,12H2,2-3H3,(H,24,26)/t13-/m0/s1. The van der Waals surface area contributed by atoms with Gasteiger partial charge in [0, 0.05) is 11.8 Å². The van der Waals surface area contributed by atoms with Crippen LogP contribution in [0, 0.1) is 11.6 Å². The summed E-state index contributed by atoms with van der Waals surface area (Å²) in [6, 6.07) is 8.12. The summed E-state index contributed by atoms with van der Waals surface area (Å²) in [6.07, 6.45) is 1.24. The zero-order valence-corrected chi connectivity index (χ0v) is 16.0. The molecule has 0 aliphatic rings. The van der Waals surface area contributed by atoms with Crippen molar-refractivity contribution in [1.82, 2.24) is 0 Å². The molecule has 0 fully saturated rings. The highest BCUT2D eigenvalue weighted by atomic mass is 19.2. The summed E-state index contributed by atoms with van der Waals surface area (Å²) >= 11 is 0. The van der Waals surface area contributed by atoms with Crippen molar-refractivity contribution in [2.75, 3.05) is 19.0 Å². The molecule has 0 aliphatic heterocycles. The molecule has 2 aromatic carbocycles. The molecule has 0 aliphatic carbocycles. The van der Waals surface area contributed by atoms with Gasteiger partial charge in [-0.15, -0.1) is 6.58 Å². The summed E-state index contributed by atoms with van der Waals surface area (Å²) in [6.45, 7) is 4.57. The molecule has 0 aromatic heterocycles. The van der Waals surface area contributed by atoms with E-state index in [1.165, 1.54) is 20.1 Å². The van der Waals surface area contributed by atoms with E-state index in [2.05, 4.69) is 11.9 Å². The van der Waals surface area contributed by atoms with Gasteiger partial charge in [0.25, 0.3) is 5.91 Å². The minimum absolute atomic E-state index is 0.0393. The lowest BCUT2D eigenvalue weighted by Crippen LogP contribution is -2.31. The molecule has 0 bridgehead atoms. The number of carbonyl (C=O) groups excluding carboxylic acids is 2. The molecule has 1 atom stereocenters. The van der Waals surface area contributed by atoms with Gasteiger partial charge in [-0.3, -0.25) is 4.79 Å². The lowest BCUT2D eigenvalue weighted by atomic mass is 10.1. The first-order chi connectivity index (χ1) is 13.8. The van der Waals surface area contributed by atoms with Gasteiger partial charge in [-0.05, 0) is 43.2 Å². The van der Waals surface area contributed by atoms with Crippen LogP contribution in [0.15, 0.2) is 49.1 Å². The number of halogens is 2. The maximum atomic E-state index is 13.2. The zero-order chi connectivity index (χ0) is 21.4. The van der Waals surface area contributed by atoms with E-state index >= 15 is 0 Å². The van der Waals surface area contributed by atoms with E-state index in [1.807, 2.05) is 6.07 Å². The zero-order valence-electron chi connectivity index (χ0n) is 16.0. The Morgan fingerprint density at radius 1 is 1.14 bits per heavy atom. The van der Waals surface area contributed by atoms with Gasteiger partial charge in [-0.25, -0.2) is 13.6 Å². The first kappa shape index (κ1) is 21.9. The highest BCUT2D eigenvalue weighted by Gasteiger charge is 2.19. The Morgan fingerprint density at radius 2 is 1.90 bits per heavy atom. The predicted molar refractivity (Wildman–Crippen MR) is 103 cm³/mol. The molecule has 0 radical (unpaired) electrons. The van der Waals surface area contributed by atoms with E-state index < -0.39 is 36.2 Å². The monoisotopic (exact) mass is 405 g/mol. The van der Waals surface area contributed by atoms with Crippen molar-refractivity contribution in [3.05, 3.63) is 66.3 Å². The molecule has 0 saturated heterocycles. The number of anilines is 1. The molecule has 0 saturated carbocycles. The number of esters is 1. The first-order valence-corrected chi connectivity index (χ1v) is 8.70. The average molecular weight is 405 g/mol. The summed E-state index contributed by atoms with van der Waals surface area (Å²) in [5.74, 6) is -2.83. The van der Waals surface area contributed by atoms with Gasteiger partial charge >= 0.3 is 5.97 Å². The highest BCUT2D eigenvalue weighted by Crippen LogP contribution is 2.28. The lowest BCUT2D eigenvalue weighted by molar-refractivity contribution is -0.155. The van der Waals surface area contributed by atoms with Crippen LogP contribution >= 0.6 is 0 Å². The van der Waals surface area contributed by atoms with Crippen LogP contribution in [0.4, 0.5) is 14.5 Å². The summed E-state index contributed by atoms with van der Waals surface area (Å²) in [5, 5.41) is 2.33. The Balaban J connectivity index is 1.88. The van der Waals surface area contributed by atoms with E-state index in [1.54, 1.807) is 18.2 Å². The van der Waals surface area contributed by atoms with Gasteiger partial charge in [-0.2, -0.15) is 0 Å². The second-order valence-electron chi connectivity index (χ2n) is 6.02. The molecule has 8 heteroatoms. The third kappa shape index (κ3) is 6.31. The Hall–Kier alpha value is -3.42. The molecule has 1 amide bonds. The Kier molecular flexibility index (Phi) is 7.70. The van der Waals surface area contributed by atoms with Crippen LogP contribution in [0.25, 0.3) is 0 Å². The van der Waals surface area contributed by atoms with Gasteiger partial charge in [0.1, 0.15) is 0 Å². The third-order valence-corrected chi connectivity index (χ3v) is 3.82. The normalized spacial score (nSPS) is 11.3. The van der Waals surface area contributed by atoms with Crippen LogP contribution in [0.1, 0.15) is 12.5 Å². The molecular weight excluding hydrogens is 384 g/mol. The maximum absolute atomic E-state index is 13.2. The van der Waals surface area contributed by atoms with Crippen molar-refractivity contribution < 1.29 is 32.6 Å². The molecule has 1 N–H and O–H groups in total. The van der Waals surface area contributed by atoms with Crippen LogP contribution in [0.5, 0.6) is 11.5 Å². The van der Waals surface area contributed by atoms with E-state index in [0.717, 1.165) is 17.7 Å². The molecule has 29 heavy (non-hydrogen) atoms. The van der Waals surface area contributed by atoms with Crippen LogP contribution in [0.3, 0.4) is 0 Å². The number of allylic oxidation sites excluding steroid dienone is 1. The molecule has 6 nitrogen and oxygen atoms in total. The predicted octanol–water partition coefficient (Wildman–Crippen LogP) is 3.65. The highest BCUT2D eigenvalue weighted by molar-refractivity contribution is 5.95. The van der Waals surface area contributed by atoms with Crippen LogP contribution < -0.4 is 14.8 Å². The van der Waals surface area contributed by atoms with Crippen molar-refractivity contribution in [1.29, 1.82) is 0 Å². The summed E-state index contributed by atoms with van der Waals surface area (Å²) < 4.78 is 41.7. The summed E-state index contributed by atoms with van der Waals surface area (Å²) in [5.41, 5.74) is 1.01. The Bertz CT molecular complexity index is 901.